The smallest absolute Gasteiger partial charge is 0.399 e. The van der Waals surface area contributed by atoms with Gasteiger partial charge < -0.3 is 9.31 Å². The molecule has 4 aliphatic rings. The van der Waals surface area contributed by atoms with Crippen LogP contribution in [0.5, 0.6) is 0 Å². The van der Waals surface area contributed by atoms with Crippen molar-refractivity contribution in [3.8, 4) is 11.1 Å². The molecule has 1 aliphatic heterocycles. The maximum atomic E-state index is 9.55. The standard InChI is InChI=1S/C28H35BO2/c1-25(2)26(3,4)31-29(30-25)20-11-12-22-21-9-5-6-10-23(21)28(24(22)19-20)17-15-27(16-18-28)13-7-8-14-27/h5-6,9-12,19H,7-8,13-18H2,1-4H3/i17D2,18D2. The molecule has 2 spiro atoms. The Morgan fingerprint density at radius 2 is 1.39 bits per heavy atom. The number of benzene rings is 2. The lowest BCUT2D eigenvalue weighted by Gasteiger charge is -2.44. The third-order valence-electron chi connectivity index (χ3n) is 8.72. The molecular formula is C28H35BO2. The van der Waals surface area contributed by atoms with E-state index in [1.54, 1.807) is 0 Å². The monoisotopic (exact) mass is 418 g/mol. The first-order valence-corrected chi connectivity index (χ1v) is 11.9. The van der Waals surface area contributed by atoms with E-state index >= 15 is 0 Å². The van der Waals surface area contributed by atoms with Crippen LogP contribution in [0.3, 0.4) is 0 Å². The topological polar surface area (TPSA) is 18.5 Å². The number of fused-ring (bicyclic) bond motifs is 5. The van der Waals surface area contributed by atoms with Gasteiger partial charge in [0.15, 0.2) is 0 Å². The molecule has 0 unspecified atom stereocenters. The quantitative estimate of drug-likeness (QED) is 0.500. The van der Waals surface area contributed by atoms with Crippen molar-refractivity contribution in [3.63, 3.8) is 0 Å². The molecule has 2 aromatic rings. The normalized spacial score (nSPS) is 31.5. The van der Waals surface area contributed by atoms with Crippen LogP contribution in [0.25, 0.3) is 11.1 Å². The second-order valence-corrected chi connectivity index (χ2v) is 11.1. The average molecular weight is 418 g/mol. The molecule has 3 fully saturated rings. The van der Waals surface area contributed by atoms with Gasteiger partial charge >= 0.3 is 7.12 Å². The highest BCUT2D eigenvalue weighted by molar-refractivity contribution is 6.62. The van der Waals surface area contributed by atoms with Crippen LogP contribution in [0, 0.1) is 5.41 Å². The summed E-state index contributed by atoms with van der Waals surface area (Å²) in [5.74, 6) is 0. The summed E-state index contributed by atoms with van der Waals surface area (Å²) in [6.07, 6.45) is 1.29. The Bertz CT molecular complexity index is 1160. The van der Waals surface area contributed by atoms with Gasteiger partial charge in [-0.1, -0.05) is 55.3 Å². The van der Waals surface area contributed by atoms with Crippen LogP contribution >= 0.6 is 0 Å². The van der Waals surface area contributed by atoms with Gasteiger partial charge in [0, 0.05) is 10.9 Å². The molecule has 1 saturated heterocycles. The zero-order valence-corrected chi connectivity index (χ0v) is 19.2. The number of hydrogen-bond donors (Lipinski definition) is 0. The van der Waals surface area contributed by atoms with Crippen LogP contribution in [0.4, 0.5) is 0 Å². The Kier molecular flexibility index (Phi) is 3.37. The van der Waals surface area contributed by atoms with Gasteiger partial charge in [-0.2, -0.15) is 0 Å². The van der Waals surface area contributed by atoms with Crippen LogP contribution < -0.4 is 5.46 Å². The molecule has 0 atom stereocenters. The van der Waals surface area contributed by atoms with E-state index in [4.69, 9.17) is 9.31 Å². The largest absolute Gasteiger partial charge is 0.494 e. The van der Waals surface area contributed by atoms with E-state index in [0.29, 0.717) is 12.8 Å². The molecule has 1 heterocycles. The Morgan fingerprint density at radius 3 is 2.06 bits per heavy atom. The van der Waals surface area contributed by atoms with Crippen molar-refractivity contribution < 1.29 is 14.8 Å². The summed E-state index contributed by atoms with van der Waals surface area (Å²) in [6, 6.07) is 13.9. The molecule has 2 saturated carbocycles. The minimum atomic E-state index is -1.74. The summed E-state index contributed by atoms with van der Waals surface area (Å²) in [5.41, 5.74) is 1.62. The fourth-order valence-corrected chi connectivity index (χ4v) is 6.05. The molecule has 3 heteroatoms. The van der Waals surface area contributed by atoms with Crippen molar-refractivity contribution >= 4 is 12.6 Å². The number of rotatable bonds is 1. The minimum Gasteiger partial charge on any atom is -0.399 e. The summed E-state index contributed by atoms with van der Waals surface area (Å²) < 4.78 is 50.9. The molecule has 0 radical (unpaired) electrons. The maximum Gasteiger partial charge on any atom is 0.494 e. The van der Waals surface area contributed by atoms with Crippen molar-refractivity contribution in [3.05, 3.63) is 53.6 Å². The maximum absolute atomic E-state index is 9.55. The highest BCUT2D eigenvalue weighted by atomic mass is 16.7. The summed E-state index contributed by atoms with van der Waals surface area (Å²) in [4.78, 5) is 0. The molecule has 31 heavy (non-hydrogen) atoms. The molecular weight excluding hydrogens is 379 g/mol. The van der Waals surface area contributed by atoms with Crippen molar-refractivity contribution in [1.29, 1.82) is 0 Å². The predicted molar refractivity (Wildman–Crippen MR) is 128 cm³/mol. The Labute approximate surface area is 193 Å². The molecule has 6 rings (SSSR count). The van der Waals surface area contributed by atoms with Crippen molar-refractivity contribution in [2.45, 2.75) is 95.6 Å². The number of hydrogen-bond acceptors (Lipinski definition) is 2. The van der Waals surface area contributed by atoms with E-state index in [-0.39, 0.29) is 5.41 Å². The minimum absolute atomic E-state index is 0.251. The van der Waals surface area contributed by atoms with Gasteiger partial charge in [-0.3, -0.25) is 0 Å². The van der Waals surface area contributed by atoms with Gasteiger partial charge in [0.1, 0.15) is 0 Å². The van der Waals surface area contributed by atoms with Gasteiger partial charge in [-0.15, -0.1) is 0 Å². The van der Waals surface area contributed by atoms with Gasteiger partial charge in [0.2, 0.25) is 0 Å². The first-order chi connectivity index (χ1) is 16.3. The molecule has 0 aromatic heterocycles. The second-order valence-electron chi connectivity index (χ2n) is 11.1. The molecule has 0 bridgehead atoms. The summed E-state index contributed by atoms with van der Waals surface area (Å²) in [7, 11) is -0.576. The third kappa shape index (κ3) is 2.78. The van der Waals surface area contributed by atoms with Gasteiger partial charge in [0.25, 0.3) is 0 Å². The van der Waals surface area contributed by atoms with Crippen LogP contribution in [0.1, 0.15) is 95.6 Å². The molecule has 2 aromatic carbocycles. The fraction of sp³-hybridized carbons (Fsp3) is 0.571. The highest BCUT2D eigenvalue weighted by Gasteiger charge is 2.53. The summed E-state index contributed by atoms with van der Waals surface area (Å²) in [6.45, 7) is 8.10. The molecule has 3 aliphatic carbocycles. The van der Waals surface area contributed by atoms with Crippen LogP contribution in [-0.4, -0.2) is 18.3 Å². The molecule has 0 N–H and O–H groups in total. The van der Waals surface area contributed by atoms with Gasteiger partial charge in [-0.05, 0) is 99.3 Å². The van der Waals surface area contributed by atoms with Crippen LogP contribution in [0.15, 0.2) is 42.5 Å². The lowest BCUT2D eigenvalue weighted by atomic mass is 9.59. The first kappa shape index (κ1) is 16.1. The zero-order valence-electron chi connectivity index (χ0n) is 23.2. The Hall–Kier alpha value is -1.58. The fourth-order valence-electron chi connectivity index (χ4n) is 6.05. The van der Waals surface area contributed by atoms with Gasteiger partial charge in [-0.25, -0.2) is 0 Å². The first-order valence-electron chi connectivity index (χ1n) is 13.9. The van der Waals surface area contributed by atoms with E-state index in [1.165, 1.54) is 0 Å². The lowest BCUT2D eigenvalue weighted by Crippen LogP contribution is -2.41. The molecule has 0 amide bonds. The second kappa shape index (κ2) is 6.48. The van der Waals surface area contributed by atoms with E-state index < -0.39 is 36.5 Å². The molecule has 162 valence electrons. The Morgan fingerprint density at radius 1 is 0.774 bits per heavy atom. The Balaban J connectivity index is 1.56. The van der Waals surface area contributed by atoms with Crippen LogP contribution in [-0.2, 0) is 14.7 Å². The molecule has 2 nitrogen and oxygen atoms in total. The summed E-state index contributed by atoms with van der Waals surface area (Å²) >= 11 is 0. The SMILES string of the molecule is [2H]C1([2H])CC2(CCCC2)CC([2H])([2H])C12c1ccccc1-c1ccc(B3OC(C)(C)C(C)(C)O3)cc12. The van der Waals surface area contributed by atoms with Crippen molar-refractivity contribution in [2.24, 2.45) is 5.41 Å². The van der Waals surface area contributed by atoms with E-state index in [1.807, 2.05) is 70.2 Å². The average Bonchev–Trinajstić information content (AvgIpc) is 3.37. The van der Waals surface area contributed by atoms with Gasteiger partial charge in [0.05, 0.1) is 11.2 Å². The zero-order chi connectivity index (χ0) is 25.1. The highest BCUT2D eigenvalue weighted by Crippen LogP contribution is 2.61. The predicted octanol–water partition coefficient (Wildman–Crippen LogP) is 6.39. The van der Waals surface area contributed by atoms with E-state index in [9.17, 15) is 5.48 Å². The summed E-state index contributed by atoms with van der Waals surface area (Å²) in [5, 5.41) is 0. The third-order valence-corrected chi connectivity index (χ3v) is 8.72. The van der Waals surface area contributed by atoms with E-state index in [0.717, 1.165) is 53.4 Å². The lowest BCUT2D eigenvalue weighted by molar-refractivity contribution is 0.00578. The van der Waals surface area contributed by atoms with Crippen LogP contribution in [0.2, 0.25) is 0 Å². The van der Waals surface area contributed by atoms with E-state index in [2.05, 4.69) is 0 Å². The van der Waals surface area contributed by atoms with Crippen molar-refractivity contribution in [2.75, 3.05) is 0 Å². The van der Waals surface area contributed by atoms with Crippen molar-refractivity contribution in [1.82, 2.24) is 0 Å².